The van der Waals surface area contributed by atoms with Crippen LogP contribution in [-0.2, 0) is 9.59 Å². The maximum atomic E-state index is 13.8. The highest BCUT2D eigenvalue weighted by atomic mass is 16.2. The standard InChI is InChI=1S/C31H44N4O3/c1-30(2,3)21-13-11-19(12-14-21)28(37)34-17-23-16-22(34)18-35(23)29(38)26(31(4,5)6)33-27(36)25-15-20-9-7-8-10-24(20)32-25/h7-10,15,19,21-23,26,32H,11-14,16-18H2,1-6H3,(H,33,36)/t19-,21+,22-,23-,26+/m0/s1. The molecule has 2 aliphatic heterocycles. The number of piperazine rings is 1. The smallest absolute Gasteiger partial charge is 0.268 e. The largest absolute Gasteiger partial charge is 0.351 e. The van der Waals surface area contributed by atoms with E-state index in [2.05, 4.69) is 36.0 Å². The normalized spacial score (nSPS) is 26.6. The molecular weight excluding hydrogens is 476 g/mol. The molecule has 206 valence electrons. The Kier molecular flexibility index (Phi) is 6.85. The van der Waals surface area contributed by atoms with Gasteiger partial charge in [-0.1, -0.05) is 59.7 Å². The summed E-state index contributed by atoms with van der Waals surface area (Å²) in [4.78, 5) is 47.6. The summed E-state index contributed by atoms with van der Waals surface area (Å²) >= 11 is 0. The Labute approximate surface area is 226 Å². The minimum Gasteiger partial charge on any atom is -0.351 e. The first-order valence-corrected chi connectivity index (χ1v) is 14.3. The molecule has 2 saturated heterocycles. The molecule has 1 aliphatic carbocycles. The lowest BCUT2D eigenvalue weighted by Gasteiger charge is -2.41. The number of carbonyl (C=O) groups excluding carboxylic acids is 3. The number of rotatable bonds is 4. The van der Waals surface area contributed by atoms with Crippen LogP contribution in [0.5, 0.6) is 0 Å². The molecule has 1 saturated carbocycles. The van der Waals surface area contributed by atoms with E-state index in [-0.39, 0.29) is 35.7 Å². The summed E-state index contributed by atoms with van der Waals surface area (Å²) in [6, 6.07) is 9.03. The van der Waals surface area contributed by atoms with Gasteiger partial charge >= 0.3 is 0 Å². The number of nitrogens with zero attached hydrogens (tertiary/aromatic N) is 2. The van der Waals surface area contributed by atoms with Crippen molar-refractivity contribution in [1.29, 1.82) is 0 Å². The van der Waals surface area contributed by atoms with Crippen LogP contribution in [0.15, 0.2) is 30.3 Å². The molecule has 38 heavy (non-hydrogen) atoms. The molecule has 1 aromatic heterocycles. The molecule has 2 N–H and O–H groups in total. The highest BCUT2D eigenvalue weighted by Crippen LogP contribution is 2.42. The number of carbonyl (C=O) groups is 3. The van der Waals surface area contributed by atoms with Crippen LogP contribution in [0.1, 0.15) is 84.1 Å². The van der Waals surface area contributed by atoms with Crippen molar-refractivity contribution >= 4 is 28.6 Å². The van der Waals surface area contributed by atoms with E-state index in [9.17, 15) is 14.4 Å². The molecule has 2 bridgehead atoms. The van der Waals surface area contributed by atoms with Crippen LogP contribution in [-0.4, -0.2) is 63.7 Å². The Morgan fingerprint density at radius 2 is 1.55 bits per heavy atom. The SMILES string of the molecule is CC(C)(C)[C@H](NC(=O)c1cc2ccccc2[nH]1)C(=O)N1C[C@@H]2C[C@H]1CN2C(=O)[C@H]1CC[C@@H](C(C)(C)C)CC1. The van der Waals surface area contributed by atoms with E-state index < -0.39 is 11.5 Å². The summed E-state index contributed by atoms with van der Waals surface area (Å²) in [6.45, 7) is 14.0. The minimum atomic E-state index is -0.655. The van der Waals surface area contributed by atoms with E-state index in [1.165, 1.54) is 0 Å². The first-order chi connectivity index (χ1) is 17.8. The van der Waals surface area contributed by atoms with Crippen LogP contribution < -0.4 is 5.32 Å². The van der Waals surface area contributed by atoms with E-state index in [0.29, 0.717) is 30.1 Å². The van der Waals surface area contributed by atoms with Gasteiger partial charge in [0.15, 0.2) is 0 Å². The number of hydrogen-bond donors (Lipinski definition) is 2. The van der Waals surface area contributed by atoms with Crippen molar-refractivity contribution < 1.29 is 14.4 Å². The van der Waals surface area contributed by atoms with Gasteiger partial charge in [0.2, 0.25) is 11.8 Å². The van der Waals surface area contributed by atoms with Crippen LogP contribution in [0.4, 0.5) is 0 Å². The Balaban J connectivity index is 1.22. The molecule has 2 aromatic rings. The summed E-state index contributed by atoms with van der Waals surface area (Å²) in [5.74, 6) is 0.767. The molecule has 3 atom stereocenters. The van der Waals surface area contributed by atoms with Gasteiger partial charge in [-0.05, 0) is 61.0 Å². The molecule has 7 heteroatoms. The number of amides is 3. The number of nitrogens with one attached hydrogen (secondary N) is 2. The van der Waals surface area contributed by atoms with Crippen molar-refractivity contribution in [3.8, 4) is 0 Å². The van der Waals surface area contributed by atoms with Gasteiger partial charge in [0.1, 0.15) is 11.7 Å². The lowest BCUT2D eigenvalue weighted by Crippen LogP contribution is -2.59. The molecule has 0 unspecified atom stereocenters. The highest BCUT2D eigenvalue weighted by Gasteiger charge is 2.50. The third-order valence-corrected chi connectivity index (χ3v) is 9.27. The summed E-state index contributed by atoms with van der Waals surface area (Å²) in [6.07, 6.45) is 5.03. The second-order valence-corrected chi connectivity index (χ2v) is 14.0. The molecule has 7 nitrogen and oxygen atoms in total. The molecule has 1 aromatic carbocycles. The van der Waals surface area contributed by atoms with E-state index in [1.807, 2.05) is 56.0 Å². The maximum Gasteiger partial charge on any atom is 0.268 e. The lowest BCUT2D eigenvalue weighted by molar-refractivity contribution is -0.145. The fourth-order valence-corrected chi connectivity index (χ4v) is 6.87. The fourth-order valence-electron chi connectivity index (χ4n) is 6.87. The lowest BCUT2D eigenvalue weighted by atomic mass is 9.69. The summed E-state index contributed by atoms with van der Waals surface area (Å²) < 4.78 is 0. The van der Waals surface area contributed by atoms with Crippen LogP contribution >= 0.6 is 0 Å². The molecule has 0 radical (unpaired) electrons. The van der Waals surface area contributed by atoms with Crippen LogP contribution in [0, 0.1) is 22.7 Å². The number of para-hydroxylation sites is 1. The molecule has 5 rings (SSSR count). The van der Waals surface area contributed by atoms with E-state index in [4.69, 9.17) is 0 Å². The number of H-pyrrole nitrogens is 1. The second kappa shape index (κ2) is 9.73. The molecule has 0 spiro atoms. The van der Waals surface area contributed by atoms with Crippen LogP contribution in [0.3, 0.4) is 0 Å². The number of aromatic nitrogens is 1. The van der Waals surface area contributed by atoms with Gasteiger partial charge in [0.25, 0.3) is 5.91 Å². The van der Waals surface area contributed by atoms with E-state index >= 15 is 0 Å². The Morgan fingerprint density at radius 1 is 0.921 bits per heavy atom. The predicted octanol–water partition coefficient (Wildman–Crippen LogP) is 4.98. The van der Waals surface area contributed by atoms with Gasteiger partial charge in [0, 0.05) is 29.9 Å². The van der Waals surface area contributed by atoms with Crippen molar-refractivity contribution in [3.63, 3.8) is 0 Å². The maximum absolute atomic E-state index is 13.8. The Morgan fingerprint density at radius 3 is 2.13 bits per heavy atom. The van der Waals surface area contributed by atoms with Gasteiger partial charge in [-0.3, -0.25) is 14.4 Å². The number of benzene rings is 1. The minimum absolute atomic E-state index is 0.0252. The Bertz CT molecular complexity index is 1180. The van der Waals surface area contributed by atoms with Crippen LogP contribution in [0.25, 0.3) is 10.9 Å². The van der Waals surface area contributed by atoms with Crippen molar-refractivity contribution in [2.24, 2.45) is 22.7 Å². The molecule has 3 fully saturated rings. The van der Waals surface area contributed by atoms with Gasteiger partial charge in [0.05, 0.1) is 12.1 Å². The zero-order valence-electron chi connectivity index (χ0n) is 23.8. The molecule has 3 heterocycles. The predicted molar refractivity (Wildman–Crippen MR) is 150 cm³/mol. The van der Waals surface area contributed by atoms with E-state index in [0.717, 1.165) is 43.0 Å². The average molecular weight is 521 g/mol. The highest BCUT2D eigenvalue weighted by molar-refractivity contribution is 6.00. The first kappa shape index (κ1) is 26.8. The number of likely N-dealkylation sites (tertiary alicyclic amines) is 2. The molecule has 3 amide bonds. The van der Waals surface area contributed by atoms with Crippen LogP contribution in [0.2, 0.25) is 0 Å². The average Bonchev–Trinajstić information content (AvgIpc) is 3.59. The van der Waals surface area contributed by atoms with E-state index in [1.54, 1.807) is 0 Å². The summed E-state index contributed by atoms with van der Waals surface area (Å²) in [7, 11) is 0. The van der Waals surface area contributed by atoms with Crippen molar-refractivity contribution in [2.45, 2.75) is 91.8 Å². The second-order valence-electron chi connectivity index (χ2n) is 14.0. The third-order valence-electron chi connectivity index (χ3n) is 9.27. The van der Waals surface area contributed by atoms with Crippen molar-refractivity contribution in [3.05, 3.63) is 36.0 Å². The monoisotopic (exact) mass is 520 g/mol. The number of fused-ring (bicyclic) bond motifs is 3. The topological polar surface area (TPSA) is 85.5 Å². The number of aromatic amines is 1. The molecular formula is C31H44N4O3. The third kappa shape index (κ3) is 5.08. The molecule has 3 aliphatic rings. The Hall–Kier alpha value is -2.83. The van der Waals surface area contributed by atoms with Gasteiger partial charge in [-0.15, -0.1) is 0 Å². The zero-order chi connectivity index (χ0) is 27.4. The van der Waals surface area contributed by atoms with Gasteiger partial charge < -0.3 is 20.1 Å². The first-order valence-electron chi connectivity index (χ1n) is 14.3. The quantitative estimate of drug-likeness (QED) is 0.597. The van der Waals surface area contributed by atoms with Gasteiger partial charge in [-0.2, -0.15) is 0 Å². The summed E-state index contributed by atoms with van der Waals surface area (Å²) in [5, 5.41) is 3.99. The fraction of sp³-hybridized carbons (Fsp3) is 0.645. The summed E-state index contributed by atoms with van der Waals surface area (Å²) in [5.41, 5.74) is 1.19. The van der Waals surface area contributed by atoms with Crippen molar-refractivity contribution in [2.75, 3.05) is 13.1 Å². The zero-order valence-corrected chi connectivity index (χ0v) is 23.8. The van der Waals surface area contributed by atoms with Crippen molar-refractivity contribution in [1.82, 2.24) is 20.1 Å². The number of hydrogen-bond acceptors (Lipinski definition) is 3. The van der Waals surface area contributed by atoms with Gasteiger partial charge in [-0.25, -0.2) is 0 Å².